The summed E-state index contributed by atoms with van der Waals surface area (Å²) in [5.41, 5.74) is 6.01. The quantitative estimate of drug-likeness (QED) is 0.142. The van der Waals surface area contributed by atoms with E-state index in [0.717, 1.165) is 22.2 Å². The molecule has 1 heterocycles. The zero-order chi connectivity index (χ0) is 33.6. The van der Waals surface area contributed by atoms with Gasteiger partial charge < -0.3 is 0 Å². The standard InChI is InChI=1S/C46H28N2.C2H6/c1-2-12-30-28-43-31(27-29(30)11-1)23-24-37-34(18-8-21-36(37)43)32-17-7-20-35-33(32)19-9-22-38(35)44-39-13-3-5-15-41(39)45(46-47-25-10-26-48-46)42-16-6-4-14-40(42)44;1-2/h1-28H;1-2H3. The lowest BCUT2D eigenvalue weighted by Gasteiger charge is -2.19. The van der Waals surface area contributed by atoms with Crippen molar-refractivity contribution in [2.75, 3.05) is 0 Å². The number of fused-ring (bicyclic) bond motifs is 7. The minimum absolute atomic E-state index is 0.744. The smallest absolute Gasteiger partial charge is 0.160 e. The van der Waals surface area contributed by atoms with Crippen LogP contribution in [0.2, 0.25) is 0 Å². The van der Waals surface area contributed by atoms with Crippen molar-refractivity contribution >= 4 is 64.6 Å². The molecule has 0 bridgehead atoms. The fourth-order valence-electron chi connectivity index (χ4n) is 7.87. The largest absolute Gasteiger partial charge is 0.237 e. The molecule has 0 spiro atoms. The molecule has 0 unspecified atom stereocenters. The van der Waals surface area contributed by atoms with Crippen LogP contribution in [0.5, 0.6) is 0 Å². The van der Waals surface area contributed by atoms with E-state index in [4.69, 9.17) is 9.97 Å². The molecule has 0 aliphatic heterocycles. The fourth-order valence-corrected chi connectivity index (χ4v) is 7.87. The first-order valence-electron chi connectivity index (χ1n) is 17.4. The maximum absolute atomic E-state index is 4.69. The summed E-state index contributed by atoms with van der Waals surface area (Å²) in [7, 11) is 0. The minimum Gasteiger partial charge on any atom is -0.237 e. The monoisotopic (exact) mass is 638 g/mol. The lowest BCUT2D eigenvalue weighted by atomic mass is 9.85. The van der Waals surface area contributed by atoms with Crippen molar-refractivity contribution in [1.82, 2.24) is 9.97 Å². The second-order valence-corrected chi connectivity index (χ2v) is 12.5. The van der Waals surface area contributed by atoms with Crippen LogP contribution in [0.3, 0.4) is 0 Å². The second kappa shape index (κ2) is 12.3. The van der Waals surface area contributed by atoms with Gasteiger partial charge in [-0.05, 0) is 105 Å². The Kier molecular flexibility index (Phi) is 7.29. The Morgan fingerprint density at radius 1 is 0.300 bits per heavy atom. The summed E-state index contributed by atoms with van der Waals surface area (Å²) in [4.78, 5) is 9.39. The van der Waals surface area contributed by atoms with Gasteiger partial charge in [0, 0.05) is 18.0 Å². The van der Waals surface area contributed by atoms with E-state index in [-0.39, 0.29) is 0 Å². The third kappa shape index (κ3) is 4.64. The molecule has 0 aliphatic carbocycles. The molecule has 50 heavy (non-hydrogen) atoms. The van der Waals surface area contributed by atoms with E-state index in [9.17, 15) is 0 Å². The van der Waals surface area contributed by atoms with Gasteiger partial charge in [0.15, 0.2) is 5.82 Å². The van der Waals surface area contributed by atoms with Gasteiger partial charge in [-0.15, -0.1) is 0 Å². The molecule has 9 aromatic carbocycles. The van der Waals surface area contributed by atoms with Crippen molar-refractivity contribution in [2.45, 2.75) is 13.8 Å². The second-order valence-electron chi connectivity index (χ2n) is 12.5. The van der Waals surface area contributed by atoms with Gasteiger partial charge >= 0.3 is 0 Å². The van der Waals surface area contributed by atoms with Gasteiger partial charge in [0.1, 0.15) is 0 Å². The zero-order valence-corrected chi connectivity index (χ0v) is 28.1. The Labute approximate surface area is 291 Å². The summed E-state index contributed by atoms with van der Waals surface area (Å²) in [6.07, 6.45) is 3.65. The number of aromatic nitrogens is 2. The lowest BCUT2D eigenvalue weighted by Crippen LogP contribution is -1.94. The highest BCUT2D eigenvalue weighted by atomic mass is 14.9. The van der Waals surface area contributed by atoms with Crippen molar-refractivity contribution in [2.24, 2.45) is 0 Å². The molecule has 0 N–H and O–H groups in total. The van der Waals surface area contributed by atoms with E-state index < -0.39 is 0 Å². The molecule has 10 aromatic rings. The molecule has 2 nitrogen and oxygen atoms in total. The van der Waals surface area contributed by atoms with Crippen LogP contribution in [-0.4, -0.2) is 9.97 Å². The van der Waals surface area contributed by atoms with Gasteiger partial charge in [0.25, 0.3) is 0 Å². The first kappa shape index (κ1) is 29.7. The molecule has 0 fully saturated rings. The van der Waals surface area contributed by atoms with Gasteiger partial charge in [-0.25, -0.2) is 9.97 Å². The third-order valence-electron chi connectivity index (χ3n) is 9.95. The van der Waals surface area contributed by atoms with Crippen LogP contribution in [0, 0.1) is 0 Å². The number of benzene rings is 9. The average molecular weight is 639 g/mol. The molecule has 0 saturated carbocycles. The van der Waals surface area contributed by atoms with Crippen molar-refractivity contribution in [1.29, 1.82) is 0 Å². The van der Waals surface area contributed by atoms with Crippen LogP contribution in [0.1, 0.15) is 13.8 Å². The summed E-state index contributed by atoms with van der Waals surface area (Å²) in [6.45, 7) is 4.00. The summed E-state index contributed by atoms with van der Waals surface area (Å²) < 4.78 is 0. The molecule has 10 rings (SSSR count). The van der Waals surface area contributed by atoms with E-state index in [1.54, 1.807) is 0 Å². The lowest BCUT2D eigenvalue weighted by molar-refractivity contribution is 1.18. The van der Waals surface area contributed by atoms with Crippen LogP contribution in [0.15, 0.2) is 170 Å². The number of nitrogens with zero attached hydrogens (tertiary/aromatic N) is 2. The Hall–Kier alpha value is -6.38. The highest BCUT2D eigenvalue weighted by Crippen LogP contribution is 2.46. The number of rotatable bonds is 3. The molecule has 0 aliphatic rings. The summed E-state index contributed by atoms with van der Waals surface area (Å²) in [5.74, 6) is 0.744. The Balaban J connectivity index is 0.00000165. The Morgan fingerprint density at radius 3 is 1.38 bits per heavy atom. The maximum atomic E-state index is 4.69. The topological polar surface area (TPSA) is 25.8 Å². The minimum atomic E-state index is 0.744. The van der Waals surface area contributed by atoms with Gasteiger partial charge in [-0.1, -0.05) is 153 Å². The molecule has 2 heteroatoms. The van der Waals surface area contributed by atoms with Crippen LogP contribution < -0.4 is 0 Å². The third-order valence-corrected chi connectivity index (χ3v) is 9.95. The van der Waals surface area contributed by atoms with E-state index in [1.807, 2.05) is 32.3 Å². The van der Waals surface area contributed by atoms with E-state index >= 15 is 0 Å². The van der Waals surface area contributed by atoms with E-state index in [2.05, 4.69) is 152 Å². The van der Waals surface area contributed by atoms with Gasteiger partial charge in [-0.2, -0.15) is 0 Å². The molecule has 1 aromatic heterocycles. The summed E-state index contributed by atoms with van der Waals surface area (Å²) in [5, 5.41) is 14.8. The molecule has 0 saturated heterocycles. The van der Waals surface area contributed by atoms with Crippen LogP contribution >= 0.6 is 0 Å². The first-order valence-corrected chi connectivity index (χ1v) is 17.4. The van der Waals surface area contributed by atoms with E-state index in [1.165, 1.54) is 76.1 Å². The van der Waals surface area contributed by atoms with E-state index in [0.29, 0.717) is 0 Å². The predicted octanol–water partition coefficient (Wildman–Crippen LogP) is 13.4. The highest BCUT2D eigenvalue weighted by molar-refractivity contribution is 6.24. The summed E-state index contributed by atoms with van der Waals surface area (Å²) >= 11 is 0. The molecule has 236 valence electrons. The van der Waals surface area contributed by atoms with Gasteiger partial charge in [-0.3, -0.25) is 0 Å². The van der Waals surface area contributed by atoms with Crippen molar-refractivity contribution in [3.8, 4) is 33.6 Å². The normalized spacial score (nSPS) is 11.4. The molecule has 0 amide bonds. The van der Waals surface area contributed by atoms with Crippen LogP contribution in [0.25, 0.3) is 98.3 Å². The first-order chi connectivity index (χ1) is 24.8. The number of hydrogen-bond donors (Lipinski definition) is 0. The zero-order valence-electron chi connectivity index (χ0n) is 28.1. The maximum Gasteiger partial charge on any atom is 0.160 e. The van der Waals surface area contributed by atoms with Crippen molar-refractivity contribution in [3.05, 3.63) is 170 Å². The van der Waals surface area contributed by atoms with Crippen LogP contribution in [0.4, 0.5) is 0 Å². The average Bonchev–Trinajstić information content (AvgIpc) is 3.19. The molecular weight excluding hydrogens is 605 g/mol. The molecular formula is C48H34N2. The highest BCUT2D eigenvalue weighted by Gasteiger charge is 2.20. The summed E-state index contributed by atoms with van der Waals surface area (Å²) in [6, 6.07) is 57.4. The van der Waals surface area contributed by atoms with Crippen molar-refractivity contribution < 1.29 is 0 Å². The fraction of sp³-hybridized carbons (Fsp3) is 0.0417. The van der Waals surface area contributed by atoms with Gasteiger partial charge in [0.2, 0.25) is 0 Å². The predicted molar refractivity (Wildman–Crippen MR) is 215 cm³/mol. The Bertz CT molecular complexity index is 2830. The van der Waals surface area contributed by atoms with Gasteiger partial charge in [0.05, 0.1) is 0 Å². The van der Waals surface area contributed by atoms with Crippen molar-refractivity contribution in [3.63, 3.8) is 0 Å². The molecule has 0 radical (unpaired) electrons. The SMILES string of the molecule is CC.c1cnc(-c2c3ccccc3c(-c3cccc4c(-c5cccc6c5ccc5cc7ccccc7cc56)cccc34)c3ccccc23)nc1. The Morgan fingerprint density at radius 2 is 0.760 bits per heavy atom. The van der Waals surface area contributed by atoms with Crippen LogP contribution in [-0.2, 0) is 0 Å². The molecule has 0 atom stereocenters. The number of hydrogen-bond acceptors (Lipinski definition) is 2.